The van der Waals surface area contributed by atoms with Gasteiger partial charge in [0.25, 0.3) is 5.56 Å². The molecule has 1 aliphatic heterocycles. The van der Waals surface area contributed by atoms with Crippen molar-refractivity contribution < 1.29 is 33.6 Å². The number of aromatic nitrogens is 1. The Hall–Kier alpha value is -3.17. The number of fused-ring (bicyclic) bond motifs is 1. The number of carboxylic acid groups (broad SMARTS) is 1. The molecular weight excluding hydrogens is 719 g/mol. The molecule has 10 nitrogen and oxygen atoms in total. The zero-order valence-corrected chi connectivity index (χ0v) is 26.4. The number of thiazole rings is 1. The number of esters is 1. The number of nitrogens with zero attached hydrogens (tertiary/aromatic N) is 2. The van der Waals surface area contributed by atoms with Gasteiger partial charge in [-0.25, -0.2) is 14.6 Å². The first-order valence-corrected chi connectivity index (χ1v) is 14.5. The molecule has 4 rings (SSSR count). The van der Waals surface area contributed by atoms with Crippen LogP contribution < -0.4 is 29.1 Å². The number of rotatable bonds is 9. The van der Waals surface area contributed by atoms with E-state index in [2.05, 4.69) is 20.9 Å². The summed E-state index contributed by atoms with van der Waals surface area (Å²) in [6, 6.07) is 8.00. The molecule has 0 spiro atoms. The van der Waals surface area contributed by atoms with Crippen molar-refractivity contribution in [1.82, 2.24) is 4.57 Å². The topological polar surface area (TPSA) is 126 Å². The standard InChI is InChI=1S/C27H24BrIN2O8S/c1-5-38-26(35)22-13(2)30-27-31(23(22)15-6-7-18(36-3)16(28)11-15)25(34)20(40-27)10-14-8-17(29)24(19(9-14)37-4)39-12-21(32)33/h6-11,23H,5,12H2,1-4H3,(H,32,33)/b20-10-/t23-/m1/s1. The van der Waals surface area contributed by atoms with Gasteiger partial charge in [-0.3, -0.25) is 9.36 Å². The Labute approximate surface area is 254 Å². The molecule has 3 aromatic rings. The molecular formula is C27H24BrIN2O8S. The van der Waals surface area contributed by atoms with E-state index in [0.717, 1.165) is 0 Å². The summed E-state index contributed by atoms with van der Waals surface area (Å²) < 4.78 is 24.7. The van der Waals surface area contributed by atoms with Crippen LogP contribution in [0.3, 0.4) is 0 Å². The van der Waals surface area contributed by atoms with Crippen LogP contribution >= 0.6 is 49.9 Å². The average Bonchev–Trinajstić information content (AvgIpc) is 3.20. The van der Waals surface area contributed by atoms with Crippen LogP contribution in [-0.2, 0) is 14.3 Å². The molecule has 40 heavy (non-hydrogen) atoms. The lowest BCUT2D eigenvalue weighted by Gasteiger charge is -2.25. The summed E-state index contributed by atoms with van der Waals surface area (Å²) in [5.41, 5.74) is 1.71. The Balaban J connectivity index is 1.90. The van der Waals surface area contributed by atoms with Crippen molar-refractivity contribution in [3.63, 3.8) is 0 Å². The Bertz CT molecular complexity index is 1710. The number of aliphatic carboxylic acids is 1. The number of allylic oxidation sites excluding steroid dienone is 1. The monoisotopic (exact) mass is 742 g/mol. The summed E-state index contributed by atoms with van der Waals surface area (Å²) in [5, 5.41) is 8.98. The number of hydrogen-bond donors (Lipinski definition) is 1. The van der Waals surface area contributed by atoms with Crippen LogP contribution in [0.2, 0.25) is 0 Å². The smallest absolute Gasteiger partial charge is 0.341 e. The molecule has 0 saturated carbocycles. The quantitative estimate of drug-likeness (QED) is 0.261. The summed E-state index contributed by atoms with van der Waals surface area (Å²) in [6.45, 7) is 3.09. The number of carbonyl (C=O) groups is 2. The third-order valence-electron chi connectivity index (χ3n) is 5.90. The minimum absolute atomic E-state index is 0.172. The van der Waals surface area contributed by atoms with Gasteiger partial charge in [-0.15, -0.1) is 0 Å². The third-order valence-corrected chi connectivity index (χ3v) is 8.30. The maximum atomic E-state index is 13.9. The summed E-state index contributed by atoms with van der Waals surface area (Å²) in [6.07, 6.45) is 1.69. The van der Waals surface area contributed by atoms with E-state index in [9.17, 15) is 14.4 Å². The van der Waals surface area contributed by atoms with Gasteiger partial charge in [0, 0.05) is 0 Å². The second kappa shape index (κ2) is 12.6. The molecule has 0 unspecified atom stereocenters. The highest BCUT2D eigenvalue weighted by atomic mass is 127. The van der Waals surface area contributed by atoms with Gasteiger partial charge in [0.05, 0.1) is 50.7 Å². The van der Waals surface area contributed by atoms with Crippen molar-refractivity contribution in [3.05, 3.63) is 80.5 Å². The zero-order chi connectivity index (χ0) is 29.1. The van der Waals surface area contributed by atoms with Crippen molar-refractivity contribution in [2.24, 2.45) is 4.99 Å². The minimum atomic E-state index is -1.11. The van der Waals surface area contributed by atoms with E-state index in [4.69, 9.17) is 24.1 Å². The average molecular weight is 743 g/mol. The Morgan fingerprint density at radius 3 is 2.55 bits per heavy atom. The molecule has 1 aliphatic rings. The van der Waals surface area contributed by atoms with Crippen molar-refractivity contribution in [3.8, 4) is 17.2 Å². The van der Waals surface area contributed by atoms with Gasteiger partial charge >= 0.3 is 11.9 Å². The van der Waals surface area contributed by atoms with Gasteiger partial charge < -0.3 is 24.1 Å². The summed E-state index contributed by atoms with van der Waals surface area (Å²) >= 11 is 6.71. The van der Waals surface area contributed by atoms with E-state index in [1.165, 1.54) is 23.0 Å². The first-order valence-electron chi connectivity index (χ1n) is 11.8. The van der Waals surface area contributed by atoms with Crippen molar-refractivity contribution in [2.75, 3.05) is 27.4 Å². The molecule has 1 atom stereocenters. The first-order chi connectivity index (χ1) is 19.1. The molecule has 0 bridgehead atoms. The maximum Gasteiger partial charge on any atom is 0.341 e. The maximum absolute atomic E-state index is 13.9. The van der Waals surface area contributed by atoms with Gasteiger partial charge in [0.2, 0.25) is 0 Å². The second-order valence-corrected chi connectivity index (χ2v) is 11.4. The van der Waals surface area contributed by atoms with Crippen LogP contribution in [0.5, 0.6) is 17.2 Å². The van der Waals surface area contributed by atoms with E-state index < -0.39 is 24.6 Å². The highest BCUT2D eigenvalue weighted by Crippen LogP contribution is 2.36. The minimum Gasteiger partial charge on any atom is -0.496 e. The van der Waals surface area contributed by atoms with E-state index in [0.29, 0.717) is 51.4 Å². The summed E-state index contributed by atoms with van der Waals surface area (Å²) in [7, 11) is 3.00. The largest absolute Gasteiger partial charge is 0.496 e. The van der Waals surface area contributed by atoms with E-state index >= 15 is 0 Å². The number of carboxylic acids is 1. The van der Waals surface area contributed by atoms with E-state index in [1.54, 1.807) is 51.3 Å². The van der Waals surface area contributed by atoms with Gasteiger partial charge in [-0.2, -0.15) is 0 Å². The zero-order valence-electron chi connectivity index (χ0n) is 21.8. The Morgan fingerprint density at radius 2 is 1.93 bits per heavy atom. The fourth-order valence-corrected chi connectivity index (χ4v) is 6.59. The van der Waals surface area contributed by atoms with Crippen LogP contribution in [0.15, 0.2) is 55.9 Å². The van der Waals surface area contributed by atoms with Crippen LogP contribution in [0, 0.1) is 3.57 Å². The summed E-state index contributed by atoms with van der Waals surface area (Å²) in [4.78, 5) is 43.0. The lowest BCUT2D eigenvalue weighted by atomic mass is 9.96. The molecule has 0 saturated heterocycles. The lowest BCUT2D eigenvalue weighted by molar-refractivity contribution is -0.140. The van der Waals surface area contributed by atoms with Crippen LogP contribution in [0.1, 0.15) is 31.0 Å². The number of hydrogen-bond acceptors (Lipinski definition) is 9. The van der Waals surface area contributed by atoms with Crippen molar-refractivity contribution in [2.45, 2.75) is 19.9 Å². The lowest BCUT2D eigenvalue weighted by Crippen LogP contribution is -2.40. The van der Waals surface area contributed by atoms with Crippen LogP contribution in [0.4, 0.5) is 0 Å². The SMILES string of the molecule is CCOC(=O)C1=C(C)N=c2s/c(=C\c3cc(I)c(OCC(=O)O)c(OC)c3)c(=O)n2[C@@H]1c1ccc(OC)c(Br)c1. The molecule has 0 fully saturated rings. The third kappa shape index (κ3) is 5.95. The second-order valence-electron chi connectivity index (χ2n) is 8.41. The normalized spacial score (nSPS) is 14.8. The highest BCUT2D eigenvalue weighted by molar-refractivity contribution is 14.1. The molecule has 2 aromatic carbocycles. The molecule has 210 valence electrons. The number of methoxy groups -OCH3 is 2. The Kier molecular flexibility index (Phi) is 9.36. The van der Waals surface area contributed by atoms with E-state index in [-0.39, 0.29) is 17.7 Å². The first kappa shape index (κ1) is 29.8. The fourth-order valence-electron chi connectivity index (χ4n) is 4.21. The molecule has 0 aliphatic carbocycles. The predicted octanol–water partition coefficient (Wildman–Crippen LogP) is 3.65. The molecule has 1 aromatic heterocycles. The number of halogens is 2. The van der Waals surface area contributed by atoms with Gasteiger partial charge in [-0.05, 0) is 93.8 Å². The molecule has 13 heteroatoms. The van der Waals surface area contributed by atoms with Gasteiger partial charge in [0.1, 0.15) is 5.75 Å². The summed E-state index contributed by atoms with van der Waals surface area (Å²) in [5.74, 6) is -0.434. The molecule has 1 N–H and O–H groups in total. The molecule has 0 radical (unpaired) electrons. The van der Waals surface area contributed by atoms with Crippen molar-refractivity contribution in [1.29, 1.82) is 0 Å². The molecule has 2 heterocycles. The Morgan fingerprint density at radius 1 is 1.20 bits per heavy atom. The molecule has 0 amide bonds. The highest BCUT2D eigenvalue weighted by Gasteiger charge is 2.33. The number of ether oxygens (including phenoxy) is 4. The predicted molar refractivity (Wildman–Crippen MR) is 160 cm³/mol. The number of carbonyl (C=O) groups excluding carboxylic acids is 1. The fraction of sp³-hybridized carbons (Fsp3) is 0.259. The van der Waals surface area contributed by atoms with E-state index in [1.807, 2.05) is 28.7 Å². The number of benzene rings is 2. The van der Waals surface area contributed by atoms with Gasteiger partial charge in [-0.1, -0.05) is 17.4 Å². The van der Waals surface area contributed by atoms with Crippen LogP contribution in [0.25, 0.3) is 6.08 Å². The van der Waals surface area contributed by atoms with Gasteiger partial charge in [0.15, 0.2) is 22.9 Å². The van der Waals surface area contributed by atoms with Crippen molar-refractivity contribution >= 4 is 67.9 Å². The van der Waals surface area contributed by atoms with Crippen LogP contribution in [-0.4, -0.2) is 49.0 Å².